The predicted molar refractivity (Wildman–Crippen MR) is 95.5 cm³/mol. The molecule has 1 aromatic carbocycles. The molecule has 1 amide bonds. The number of anilines is 1. The Kier molecular flexibility index (Phi) is 4.22. The summed E-state index contributed by atoms with van der Waals surface area (Å²) in [5, 5.41) is 2.69. The lowest BCUT2D eigenvalue weighted by molar-refractivity contribution is -0.118. The highest BCUT2D eigenvalue weighted by molar-refractivity contribution is 6.33. The number of fused-ring (bicyclic) bond motifs is 1. The van der Waals surface area contributed by atoms with Crippen molar-refractivity contribution < 1.29 is 15.7 Å². The first kappa shape index (κ1) is 16.4. The van der Waals surface area contributed by atoms with E-state index in [-0.39, 0.29) is 19.5 Å². The second-order valence-corrected chi connectivity index (χ2v) is 6.55. The van der Waals surface area contributed by atoms with E-state index in [1.165, 1.54) is 6.20 Å². The Morgan fingerprint density at radius 3 is 3.04 bits per heavy atom. The molecule has 0 unspecified atom stereocenters. The van der Waals surface area contributed by atoms with Gasteiger partial charge in [0.15, 0.2) is 18.1 Å². The van der Waals surface area contributed by atoms with Crippen molar-refractivity contribution in [1.29, 1.82) is 0 Å². The van der Waals surface area contributed by atoms with Crippen LogP contribution in [0, 0.1) is 6.92 Å². The fraction of sp³-hybridized carbons (Fsp3) is 0.333. The van der Waals surface area contributed by atoms with Crippen LogP contribution >= 0.6 is 0 Å². The number of amides is 1. The number of ether oxygens (including phenoxy) is 2. The van der Waals surface area contributed by atoms with Crippen LogP contribution in [-0.4, -0.2) is 30.9 Å². The maximum atomic E-state index is 12.1. The molecular formula is C18H21BN2O3. The number of aryl methyl sites for hydroxylation is 1. The lowest BCUT2D eigenvalue weighted by Gasteiger charge is -2.18. The third kappa shape index (κ3) is 3.53. The normalized spacial score (nSPS) is 14.6. The molecule has 2 heterocycles. The lowest BCUT2D eigenvalue weighted by Crippen LogP contribution is -2.25. The van der Waals surface area contributed by atoms with E-state index in [0.29, 0.717) is 17.0 Å². The van der Waals surface area contributed by atoms with Gasteiger partial charge in [0.25, 0.3) is 5.91 Å². The van der Waals surface area contributed by atoms with E-state index >= 15 is 0 Å². The molecule has 6 heteroatoms. The first-order valence-corrected chi connectivity index (χ1v) is 7.80. The van der Waals surface area contributed by atoms with E-state index in [2.05, 4.69) is 10.3 Å². The van der Waals surface area contributed by atoms with Crippen molar-refractivity contribution in [2.24, 2.45) is 0 Å². The number of para-hydroxylation sites is 1. The minimum atomic E-state index is -0.290. The monoisotopic (exact) mass is 324 g/mol. The zero-order chi connectivity index (χ0) is 17.3. The van der Waals surface area contributed by atoms with Crippen LogP contribution in [0.3, 0.4) is 0 Å². The summed E-state index contributed by atoms with van der Waals surface area (Å²) in [7, 11) is 5.71. The van der Waals surface area contributed by atoms with E-state index in [1.807, 2.05) is 32.9 Å². The van der Waals surface area contributed by atoms with Crippen LogP contribution in [0.5, 0.6) is 11.5 Å². The van der Waals surface area contributed by atoms with Gasteiger partial charge in [0.05, 0.1) is 0 Å². The van der Waals surface area contributed by atoms with Gasteiger partial charge < -0.3 is 14.8 Å². The number of nitrogens with one attached hydrogen (secondary N) is 1. The summed E-state index contributed by atoms with van der Waals surface area (Å²) in [5.74, 6) is 1.46. The van der Waals surface area contributed by atoms with E-state index in [1.54, 1.807) is 12.1 Å². The van der Waals surface area contributed by atoms with Crippen LogP contribution in [0.1, 0.15) is 26.4 Å². The largest absolute Gasteiger partial charge is 0.483 e. The van der Waals surface area contributed by atoms with Gasteiger partial charge in [-0.2, -0.15) is 0 Å². The summed E-state index contributed by atoms with van der Waals surface area (Å²) < 4.78 is 11.6. The molecule has 0 saturated heterocycles. The summed E-state index contributed by atoms with van der Waals surface area (Å²) in [6, 6.07) is 7.44. The van der Waals surface area contributed by atoms with Crippen LogP contribution in [0.4, 0.5) is 5.82 Å². The molecule has 0 atom stereocenters. The van der Waals surface area contributed by atoms with E-state index < -0.39 is 0 Å². The number of hydrogen-bond acceptors (Lipinski definition) is 4. The Morgan fingerprint density at radius 1 is 1.50 bits per heavy atom. The van der Waals surface area contributed by atoms with Gasteiger partial charge in [-0.25, -0.2) is 4.98 Å². The fourth-order valence-corrected chi connectivity index (χ4v) is 2.66. The van der Waals surface area contributed by atoms with E-state index in [4.69, 9.17) is 17.3 Å². The van der Waals surface area contributed by atoms with Gasteiger partial charge in [0.1, 0.15) is 19.3 Å². The number of nitrogens with zero attached hydrogens (tertiary/aromatic N) is 1. The minimum absolute atomic E-state index is 0. The molecular weight excluding hydrogens is 303 g/mol. The van der Waals surface area contributed by atoms with Crippen molar-refractivity contribution in [3.05, 3.63) is 41.6 Å². The van der Waals surface area contributed by atoms with Crippen molar-refractivity contribution >= 4 is 25.0 Å². The number of carbonyl (C=O) groups excluding carboxylic acids is 1. The maximum absolute atomic E-state index is 12.1. The van der Waals surface area contributed by atoms with Crippen LogP contribution in [-0.2, 0) is 11.2 Å². The highest BCUT2D eigenvalue weighted by atomic mass is 16.5. The van der Waals surface area contributed by atoms with Crippen LogP contribution in [0.2, 0.25) is 0 Å². The van der Waals surface area contributed by atoms with Gasteiger partial charge in [-0.1, -0.05) is 23.2 Å². The number of carbonyl (C=O) groups is 1. The summed E-state index contributed by atoms with van der Waals surface area (Å²) in [4.78, 5) is 16.1. The topological polar surface area (TPSA) is 60.5 Å². The van der Waals surface area contributed by atoms with Gasteiger partial charge in [-0.15, -0.1) is 0 Å². The molecule has 3 rings (SSSR count). The number of pyridine rings is 1. The Bertz CT molecular complexity index is 796. The van der Waals surface area contributed by atoms with Gasteiger partial charge in [-0.3, -0.25) is 4.79 Å². The Labute approximate surface area is 144 Å². The molecule has 0 spiro atoms. The first-order chi connectivity index (χ1) is 11.3. The van der Waals surface area contributed by atoms with Crippen molar-refractivity contribution in [1.82, 2.24) is 4.98 Å². The zero-order valence-electron chi connectivity index (χ0n) is 14.1. The van der Waals surface area contributed by atoms with Gasteiger partial charge in [-0.05, 0) is 32.9 Å². The van der Waals surface area contributed by atoms with E-state index in [9.17, 15) is 4.79 Å². The van der Waals surface area contributed by atoms with Crippen molar-refractivity contribution in [2.75, 3.05) is 11.9 Å². The molecule has 1 aliphatic rings. The van der Waals surface area contributed by atoms with Crippen molar-refractivity contribution in [3.8, 4) is 11.5 Å². The molecule has 2 radical (unpaired) electrons. The molecule has 0 aliphatic carbocycles. The standard InChI is InChI=1S/C18H19BN2O3.H2/c1-11-7-15(20-9-13(11)19)21-16(22)10-23-14-6-4-5-12-8-18(2,3)24-17(12)14;/h4-7,9H,8,10H2,1-3H3,(H,20,21,22);1H. The summed E-state index contributed by atoms with van der Waals surface area (Å²) in [5.41, 5.74) is 2.28. The highest BCUT2D eigenvalue weighted by Gasteiger charge is 2.32. The molecule has 24 heavy (non-hydrogen) atoms. The smallest absolute Gasteiger partial charge is 0.263 e. The van der Waals surface area contributed by atoms with Crippen molar-refractivity contribution in [3.63, 3.8) is 0 Å². The second-order valence-electron chi connectivity index (χ2n) is 6.55. The third-order valence-corrected chi connectivity index (χ3v) is 3.83. The van der Waals surface area contributed by atoms with Crippen LogP contribution in [0.15, 0.2) is 30.5 Å². The first-order valence-electron chi connectivity index (χ1n) is 7.80. The van der Waals surface area contributed by atoms with Gasteiger partial charge >= 0.3 is 0 Å². The van der Waals surface area contributed by atoms with Crippen LogP contribution < -0.4 is 20.3 Å². The summed E-state index contributed by atoms with van der Waals surface area (Å²) in [6.07, 6.45) is 2.34. The summed E-state index contributed by atoms with van der Waals surface area (Å²) >= 11 is 0. The third-order valence-electron chi connectivity index (χ3n) is 3.83. The maximum Gasteiger partial charge on any atom is 0.263 e. The number of benzene rings is 1. The number of rotatable bonds is 4. The molecule has 1 N–H and O–H groups in total. The second kappa shape index (κ2) is 6.19. The number of hydrogen-bond donors (Lipinski definition) is 1. The molecule has 0 saturated carbocycles. The molecule has 124 valence electrons. The van der Waals surface area contributed by atoms with Crippen LogP contribution in [0.25, 0.3) is 0 Å². The molecule has 0 bridgehead atoms. The minimum Gasteiger partial charge on any atom is -0.483 e. The van der Waals surface area contributed by atoms with E-state index in [0.717, 1.165) is 23.3 Å². The molecule has 1 aliphatic heterocycles. The fourth-order valence-electron chi connectivity index (χ4n) is 2.66. The van der Waals surface area contributed by atoms with Gasteiger partial charge in [0.2, 0.25) is 0 Å². The molecule has 1 aromatic heterocycles. The van der Waals surface area contributed by atoms with Crippen molar-refractivity contribution in [2.45, 2.75) is 32.8 Å². The molecule has 0 fully saturated rings. The summed E-state index contributed by atoms with van der Waals surface area (Å²) in [6.45, 7) is 5.79. The predicted octanol–water partition coefficient (Wildman–Crippen LogP) is 2.16. The average molecular weight is 324 g/mol. The lowest BCUT2D eigenvalue weighted by atomic mass is 9.94. The number of aromatic nitrogens is 1. The zero-order valence-corrected chi connectivity index (χ0v) is 14.1. The average Bonchev–Trinajstić information content (AvgIpc) is 2.83. The Balaban J connectivity index is 0.00000225. The highest BCUT2D eigenvalue weighted by Crippen LogP contribution is 2.41. The van der Waals surface area contributed by atoms with Gasteiger partial charge in [0, 0.05) is 19.6 Å². The Morgan fingerprint density at radius 2 is 2.29 bits per heavy atom. The SMILES string of the molecule is [B]c1cnc(NC(=O)COc2cccc3c2OC(C)(C)C3)cc1C.[HH]. The Hall–Kier alpha value is -2.50. The quantitative estimate of drug-likeness (QED) is 0.876. The molecule has 5 nitrogen and oxygen atoms in total. The molecule has 2 aromatic rings.